The van der Waals surface area contributed by atoms with E-state index in [0.29, 0.717) is 29.8 Å². The van der Waals surface area contributed by atoms with Crippen LogP contribution < -0.4 is 15.5 Å². The summed E-state index contributed by atoms with van der Waals surface area (Å²) < 4.78 is 4.61. The van der Waals surface area contributed by atoms with Crippen LogP contribution in [0.4, 0.5) is 11.4 Å². The average Bonchev–Trinajstić information content (AvgIpc) is 3.18. The second-order valence-corrected chi connectivity index (χ2v) is 6.50. The maximum Gasteiger partial charge on any atom is 0.337 e. The summed E-state index contributed by atoms with van der Waals surface area (Å²) >= 11 is 0. The van der Waals surface area contributed by atoms with Gasteiger partial charge in [0.2, 0.25) is 11.8 Å². The smallest absolute Gasteiger partial charge is 0.337 e. The van der Waals surface area contributed by atoms with Gasteiger partial charge in [0, 0.05) is 29.9 Å². The van der Waals surface area contributed by atoms with E-state index in [1.807, 2.05) is 0 Å². The Morgan fingerprint density at radius 1 is 1.00 bits per heavy atom. The summed E-state index contributed by atoms with van der Waals surface area (Å²) in [5.74, 6) is -1.17. The molecule has 2 N–H and O–H groups in total. The summed E-state index contributed by atoms with van der Waals surface area (Å²) in [6.45, 7) is 0.481. The fourth-order valence-electron chi connectivity index (χ4n) is 2.99. The molecular weight excluding hydrogens is 374 g/mol. The van der Waals surface area contributed by atoms with Gasteiger partial charge in [0.25, 0.3) is 5.91 Å². The quantitative estimate of drug-likeness (QED) is 0.728. The summed E-state index contributed by atoms with van der Waals surface area (Å²) in [5, 5.41) is 5.18. The molecule has 3 rings (SSSR count). The zero-order valence-electron chi connectivity index (χ0n) is 15.9. The summed E-state index contributed by atoms with van der Waals surface area (Å²) in [5.41, 5.74) is 2.03. The van der Waals surface area contributed by atoms with Crippen molar-refractivity contribution in [2.45, 2.75) is 12.8 Å². The molecule has 0 saturated carbocycles. The van der Waals surface area contributed by atoms with Gasteiger partial charge in [-0.3, -0.25) is 14.4 Å². The normalized spacial score (nSPS) is 13.1. The summed E-state index contributed by atoms with van der Waals surface area (Å²) in [6.07, 6.45) is 1.38. The number of benzene rings is 2. The van der Waals surface area contributed by atoms with E-state index in [1.54, 1.807) is 41.3 Å². The van der Waals surface area contributed by atoms with Crippen molar-refractivity contribution in [3.63, 3.8) is 0 Å². The van der Waals surface area contributed by atoms with E-state index >= 15 is 0 Å². The first-order valence-corrected chi connectivity index (χ1v) is 9.15. The lowest BCUT2D eigenvalue weighted by Crippen LogP contribution is -2.32. The molecule has 1 aliphatic heterocycles. The molecule has 0 radical (unpaired) electrons. The summed E-state index contributed by atoms with van der Waals surface area (Å²) in [6, 6.07) is 12.9. The molecule has 0 unspecified atom stereocenters. The number of ether oxygens (including phenoxy) is 1. The van der Waals surface area contributed by atoms with E-state index in [1.165, 1.54) is 19.2 Å². The first kappa shape index (κ1) is 20.1. The number of carbonyl (C=O) groups excluding carboxylic acids is 4. The van der Waals surface area contributed by atoms with Gasteiger partial charge in [-0.25, -0.2) is 4.79 Å². The van der Waals surface area contributed by atoms with Crippen molar-refractivity contribution in [1.82, 2.24) is 5.32 Å². The molecule has 8 nitrogen and oxygen atoms in total. The molecule has 150 valence electrons. The van der Waals surface area contributed by atoms with Crippen LogP contribution in [0.25, 0.3) is 0 Å². The monoisotopic (exact) mass is 395 g/mol. The van der Waals surface area contributed by atoms with Crippen LogP contribution in [0.15, 0.2) is 48.5 Å². The third kappa shape index (κ3) is 4.98. The zero-order chi connectivity index (χ0) is 20.8. The lowest BCUT2D eigenvalue weighted by Gasteiger charge is -2.15. The van der Waals surface area contributed by atoms with Crippen molar-refractivity contribution >= 4 is 35.1 Å². The second kappa shape index (κ2) is 9.01. The Balaban J connectivity index is 1.50. The number of anilines is 2. The Labute approximate surface area is 167 Å². The highest BCUT2D eigenvalue weighted by molar-refractivity contribution is 6.00. The Morgan fingerprint density at radius 2 is 1.66 bits per heavy atom. The van der Waals surface area contributed by atoms with Gasteiger partial charge >= 0.3 is 5.97 Å². The van der Waals surface area contributed by atoms with Crippen LogP contribution in [0.5, 0.6) is 0 Å². The number of hydrogen-bond donors (Lipinski definition) is 2. The first-order valence-electron chi connectivity index (χ1n) is 9.15. The fraction of sp³-hybridized carbons (Fsp3) is 0.238. The Hall–Kier alpha value is -3.68. The van der Waals surface area contributed by atoms with Crippen molar-refractivity contribution in [2.24, 2.45) is 0 Å². The maximum absolute atomic E-state index is 12.2. The zero-order valence-corrected chi connectivity index (χ0v) is 15.9. The van der Waals surface area contributed by atoms with Crippen LogP contribution in [0.3, 0.4) is 0 Å². The van der Waals surface area contributed by atoms with Crippen LogP contribution in [0.2, 0.25) is 0 Å². The molecule has 0 aliphatic carbocycles. The number of hydrogen-bond acceptors (Lipinski definition) is 5. The van der Waals surface area contributed by atoms with E-state index in [2.05, 4.69) is 15.4 Å². The van der Waals surface area contributed by atoms with Crippen LogP contribution in [-0.4, -0.2) is 43.9 Å². The minimum atomic E-state index is -0.463. The van der Waals surface area contributed by atoms with E-state index in [0.717, 1.165) is 12.1 Å². The van der Waals surface area contributed by atoms with Gasteiger partial charge in [-0.2, -0.15) is 0 Å². The van der Waals surface area contributed by atoms with Crippen LogP contribution in [0.1, 0.15) is 33.6 Å². The topological polar surface area (TPSA) is 105 Å². The molecule has 0 aromatic heterocycles. The molecule has 1 saturated heterocycles. The van der Waals surface area contributed by atoms with Crippen molar-refractivity contribution in [2.75, 3.05) is 30.4 Å². The maximum atomic E-state index is 12.2. The number of nitrogens with one attached hydrogen (secondary N) is 2. The molecule has 2 aromatic rings. The van der Waals surface area contributed by atoms with Gasteiger partial charge < -0.3 is 20.3 Å². The predicted octanol–water partition coefficient (Wildman–Crippen LogP) is 1.97. The molecule has 0 atom stereocenters. The molecule has 2 aromatic carbocycles. The highest BCUT2D eigenvalue weighted by Gasteiger charge is 2.21. The molecule has 8 heteroatoms. The third-order valence-corrected chi connectivity index (χ3v) is 4.51. The Kier molecular flexibility index (Phi) is 6.23. The van der Waals surface area contributed by atoms with Gasteiger partial charge in [0.15, 0.2) is 0 Å². The second-order valence-electron chi connectivity index (χ2n) is 6.50. The standard InChI is InChI=1S/C21H21N3O5/c1-29-21(28)15-4-8-16(9-5-15)23-18(25)13-22-20(27)14-6-10-17(11-7-14)24-12-2-3-19(24)26/h4-11H,2-3,12-13H2,1H3,(H,22,27)(H,23,25). The Bertz CT molecular complexity index is 922. The molecule has 1 aliphatic rings. The van der Waals surface area contributed by atoms with Crippen molar-refractivity contribution < 1.29 is 23.9 Å². The molecule has 1 heterocycles. The number of amides is 3. The third-order valence-electron chi connectivity index (χ3n) is 4.51. The highest BCUT2D eigenvalue weighted by atomic mass is 16.5. The molecule has 0 spiro atoms. The SMILES string of the molecule is COC(=O)c1ccc(NC(=O)CNC(=O)c2ccc(N3CCCC3=O)cc2)cc1. The fourth-order valence-corrected chi connectivity index (χ4v) is 2.99. The first-order chi connectivity index (χ1) is 14.0. The molecule has 0 bridgehead atoms. The Morgan fingerprint density at radius 3 is 2.24 bits per heavy atom. The number of methoxy groups -OCH3 is 1. The van der Waals surface area contributed by atoms with Gasteiger partial charge in [-0.1, -0.05) is 0 Å². The highest BCUT2D eigenvalue weighted by Crippen LogP contribution is 2.21. The average molecular weight is 395 g/mol. The lowest BCUT2D eigenvalue weighted by atomic mass is 10.2. The molecule has 3 amide bonds. The number of nitrogens with zero attached hydrogens (tertiary/aromatic N) is 1. The number of esters is 1. The lowest BCUT2D eigenvalue weighted by molar-refractivity contribution is -0.117. The van der Waals surface area contributed by atoms with Gasteiger partial charge in [0.05, 0.1) is 19.2 Å². The molecule has 1 fully saturated rings. The number of rotatable bonds is 6. The number of carbonyl (C=O) groups is 4. The molecule has 29 heavy (non-hydrogen) atoms. The van der Waals surface area contributed by atoms with Crippen LogP contribution in [0, 0.1) is 0 Å². The van der Waals surface area contributed by atoms with Gasteiger partial charge in [-0.05, 0) is 55.0 Å². The summed E-state index contributed by atoms with van der Waals surface area (Å²) in [7, 11) is 1.29. The van der Waals surface area contributed by atoms with Gasteiger partial charge in [0.1, 0.15) is 0 Å². The van der Waals surface area contributed by atoms with E-state index in [-0.39, 0.29) is 18.4 Å². The van der Waals surface area contributed by atoms with Crippen LogP contribution >= 0.6 is 0 Å². The van der Waals surface area contributed by atoms with Gasteiger partial charge in [-0.15, -0.1) is 0 Å². The van der Waals surface area contributed by atoms with Crippen molar-refractivity contribution in [3.05, 3.63) is 59.7 Å². The van der Waals surface area contributed by atoms with Crippen LogP contribution in [-0.2, 0) is 14.3 Å². The minimum Gasteiger partial charge on any atom is -0.465 e. The van der Waals surface area contributed by atoms with Crippen molar-refractivity contribution in [3.8, 4) is 0 Å². The predicted molar refractivity (Wildman–Crippen MR) is 107 cm³/mol. The summed E-state index contributed by atoms with van der Waals surface area (Å²) in [4.78, 5) is 49.1. The van der Waals surface area contributed by atoms with E-state index in [4.69, 9.17) is 0 Å². The minimum absolute atomic E-state index is 0.0819. The molecular formula is C21H21N3O5. The van der Waals surface area contributed by atoms with E-state index in [9.17, 15) is 19.2 Å². The van der Waals surface area contributed by atoms with E-state index < -0.39 is 11.9 Å². The largest absolute Gasteiger partial charge is 0.465 e. The van der Waals surface area contributed by atoms with Crippen molar-refractivity contribution in [1.29, 1.82) is 0 Å².